The third-order valence-electron chi connectivity index (χ3n) is 1.14. The van der Waals surface area contributed by atoms with Crippen LogP contribution in [0.4, 0.5) is 0 Å². The second-order valence-corrected chi connectivity index (χ2v) is 2.82. The van der Waals surface area contributed by atoms with Crippen molar-refractivity contribution in [2.75, 3.05) is 5.88 Å². The van der Waals surface area contributed by atoms with Gasteiger partial charge in [0.1, 0.15) is 5.84 Å². The van der Waals surface area contributed by atoms with E-state index in [1.165, 1.54) is 0 Å². The molecule has 0 aliphatic carbocycles. The van der Waals surface area contributed by atoms with Gasteiger partial charge in [-0.25, -0.2) is 0 Å². The van der Waals surface area contributed by atoms with Crippen LogP contribution >= 0.6 is 11.8 Å². The maximum atomic E-state index is 7.08. The van der Waals surface area contributed by atoms with Gasteiger partial charge in [0.15, 0.2) is 0 Å². The summed E-state index contributed by atoms with van der Waals surface area (Å²) in [5.74, 6) is 1.02. The van der Waals surface area contributed by atoms with Gasteiger partial charge in [-0.2, -0.15) is 0 Å². The van der Waals surface area contributed by atoms with E-state index in [-0.39, 0.29) is 5.84 Å². The summed E-state index contributed by atoms with van der Waals surface area (Å²) >= 11 is 1.58. The van der Waals surface area contributed by atoms with Crippen LogP contribution < -0.4 is 11.1 Å². The topological polar surface area (TPSA) is 61.9 Å². The second kappa shape index (κ2) is 2.31. The van der Waals surface area contributed by atoms with E-state index in [9.17, 15) is 0 Å². The standard InChI is InChI=1S/C5H9N3S/c1-3-4(5(6)7)9-2-8-3/h8H,2H2,1H3,(H3,6,7). The molecule has 0 fully saturated rings. The van der Waals surface area contributed by atoms with Crippen LogP contribution in [-0.4, -0.2) is 11.7 Å². The smallest absolute Gasteiger partial charge is 0.131 e. The number of thioether (sulfide) groups is 1. The van der Waals surface area contributed by atoms with Crippen molar-refractivity contribution in [2.45, 2.75) is 6.92 Å². The average Bonchev–Trinajstić information content (AvgIpc) is 2.13. The van der Waals surface area contributed by atoms with Crippen LogP contribution in [0.25, 0.3) is 0 Å². The Morgan fingerprint density at radius 3 is 2.78 bits per heavy atom. The van der Waals surface area contributed by atoms with E-state index in [1.807, 2.05) is 6.92 Å². The fourth-order valence-corrected chi connectivity index (χ4v) is 1.56. The normalized spacial score (nSPS) is 17.9. The first-order valence-corrected chi connectivity index (χ1v) is 3.62. The molecule has 0 amide bonds. The first-order chi connectivity index (χ1) is 4.22. The molecule has 0 aromatic rings. The number of nitrogens with two attached hydrogens (primary N) is 1. The molecule has 0 saturated carbocycles. The van der Waals surface area contributed by atoms with Gasteiger partial charge in [0.25, 0.3) is 0 Å². The molecule has 1 heterocycles. The van der Waals surface area contributed by atoms with E-state index >= 15 is 0 Å². The van der Waals surface area contributed by atoms with Gasteiger partial charge in [-0.3, -0.25) is 5.41 Å². The molecule has 1 aliphatic rings. The van der Waals surface area contributed by atoms with Gasteiger partial charge < -0.3 is 11.1 Å². The van der Waals surface area contributed by atoms with E-state index < -0.39 is 0 Å². The Kier molecular flexibility index (Phi) is 1.66. The molecule has 9 heavy (non-hydrogen) atoms. The SMILES string of the molecule is CC1=C(C(=N)N)SCN1. The largest absolute Gasteiger partial charge is 0.383 e. The molecular formula is C5H9N3S. The summed E-state index contributed by atoms with van der Waals surface area (Å²) in [6, 6.07) is 0. The lowest BCUT2D eigenvalue weighted by Crippen LogP contribution is -2.11. The van der Waals surface area contributed by atoms with E-state index in [1.54, 1.807) is 11.8 Å². The molecule has 0 spiro atoms. The zero-order valence-corrected chi connectivity index (χ0v) is 6.01. The van der Waals surface area contributed by atoms with Gasteiger partial charge in [0.05, 0.1) is 10.8 Å². The molecule has 0 aromatic heterocycles. The van der Waals surface area contributed by atoms with Crippen molar-refractivity contribution in [1.82, 2.24) is 5.32 Å². The van der Waals surface area contributed by atoms with Crippen LogP contribution in [0.2, 0.25) is 0 Å². The first kappa shape index (κ1) is 6.48. The van der Waals surface area contributed by atoms with Crippen LogP contribution in [0.1, 0.15) is 6.92 Å². The summed E-state index contributed by atoms with van der Waals surface area (Å²) in [6.45, 7) is 1.93. The molecule has 1 rings (SSSR count). The van der Waals surface area contributed by atoms with Crippen molar-refractivity contribution < 1.29 is 0 Å². The van der Waals surface area contributed by atoms with Crippen molar-refractivity contribution in [3.8, 4) is 0 Å². The molecule has 4 heteroatoms. The Hall–Kier alpha value is -0.640. The van der Waals surface area contributed by atoms with Gasteiger partial charge in [0, 0.05) is 5.70 Å². The summed E-state index contributed by atoms with van der Waals surface area (Å²) in [6.07, 6.45) is 0. The molecule has 0 bridgehead atoms. The van der Waals surface area contributed by atoms with E-state index in [0.717, 1.165) is 16.5 Å². The molecule has 0 unspecified atom stereocenters. The van der Waals surface area contributed by atoms with Crippen molar-refractivity contribution in [1.29, 1.82) is 5.41 Å². The van der Waals surface area contributed by atoms with E-state index in [2.05, 4.69) is 5.32 Å². The first-order valence-electron chi connectivity index (χ1n) is 2.64. The highest BCUT2D eigenvalue weighted by Crippen LogP contribution is 2.22. The van der Waals surface area contributed by atoms with Crippen molar-refractivity contribution in [3.05, 3.63) is 10.6 Å². The zero-order valence-electron chi connectivity index (χ0n) is 5.19. The highest BCUT2D eigenvalue weighted by molar-refractivity contribution is 8.04. The number of hydrogen-bond donors (Lipinski definition) is 3. The molecule has 4 N–H and O–H groups in total. The number of allylic oxidation sites excluding steroid dienone is 1. The lowest BCUT2D eigenvalue weighted by atomic mass is 10.4. The molecular weight excluding hydrogens is 134 g/mol. The van der Waals surface area contributed by atoms with Gasteiger partial charge in [-0.1, -0.05) is 11.8 Å². The summed E-state index contributed by atoms with van der Waals surface area (Å²) < 4.78 is 0. The fourth-order valence-electron chi connectivity index (χ4n) is 0.685. The second-order valence-electron chi connectivity index (χ2n) is 1.83. The zero-order chi connectivity index (χ0) is 6.85. The van der Waals surface area contributed by atoms with E-state index in [0.29, 0.717) is 0 Å². The third kappa shape index (κ3) is 1.18. The quantitative estimate of drug-likeness (QED) is 0.369. The maximum absolute atomic E-state index is 7.08. The van der Waals surface area contributed by atoms with Crippen molar-refractivity contribution in [2.24, 2.45) is 5.73 Å². The predicted octanol–water partition coefficient (Wildman–Crippen LogP) is 0.448. The molecule has 50 valence electrons. The molecule has 1 aliphatic heterocycles. The summed E-state index contributed by atoms with van der Waals surface area (Å²) in [4.78, 5) is 0.884. The average molecular weight is 143 g/mol. The van der Waals surface area contributed by atoms with E-state index in [4.69, 9.17) is 11.1 Å². The number of amidine groups is 1. The summed E-state index contributed by atoms with van der Waals surface area (Å²) in [5.41, 5.74) is 6.27. The van der Waals surface area contributed by atoms with Gasteiger partial charge >= 0.3 is 0 Å². The molecule has 0 atom stereocenters. The highest BCUT2D eigenvalue weighted by atomic mass is 32.2. The van der Waals surface area contributed by atoms with Crippen LogP contribution in [0, 0.1) is 5.41 Å². The van der Waals surface area contributed by atoms with Crippen molar-refractivity contribution in [3.63, 3.8) is 0 Å². The molecule has 3 nitrogen and oxygen atoms in total. The van der Waals surface area contributed by atoms with Crippen LogP contribution in [0.15, 0.2) is 10.6 Å². The molecule has 0 aromatic carbocycles. The Morgan fingerprint density at radius 1 is 1.89 bits per heavy atom. The lowest BCUT2D eigenvalue weighted by Gasteiger charge is -1.95. The minimum Gasteiger partial charge on any atom is -0.383 e. The fraction of sp³-hybridized carbons (Fsp3) is 0.400. The van der Waals surface area contributed by atoms with Crippen LogP contribution in [0.5, 0.6) is 0 Å². The monoisotopic (exact) mass is 143 g/mol. The number of hydrogen-bond acceptors (Lipinski definition) is 3. The van der Waals surface area contributed by atoms with Crippen LogP contribution in [-0.2, 0) is 0 Å². The van der Waals surface area contributed by atoms with Gasteiger partial charge in [-0.15, -0.1) is 0 Å². The third-order valence-corrected chi connectivity index (χ3v) is 2.24. The highest BCUT2D eigenvalue weighted by Gasteiger charge is 2.11. The molecule has 0 saturated heterocycles. The molecule has 0 radical (unpaired) electrons. The minimum absolute atomic E-state index is 0.169. The Balaban J connectivity index is 2.78. The summed E-state index contributed by atoms with van der Waals surface area (Å²) in [5, 5.41) is 10.2. The van der Waals surface area contributed by atoms with Crippen molar-refractivity contribution >= 4 is 17.6 Å². The summed E-state index contributed by atoms with van der Waals surface area (Å²) in [7, 11) is 0. The Labute approximate surface area is 58.2 Å². The Bertz CT molecular complexity index is 173. The van der Waals surface area contributed by atoms with Gasteiger partial charge in [0.2, 0.25) is 0 Å². The maximum Gasteiger partial charge on any atom is 0.131 e. The minimum atomic E-state index is 0.169. The number of rotatable bonds is 1. The predicted molar refractivity (Wildman–Crippen MR) is 40.2 cm³/mol. The van der Waals surface area contributed by atoms with Gasteiger partial charge in [-0.05, 0) is 6.92 Å². The Morgan fingerprint density at radius 2 is 2.56 bits per heavy atom. The number of nitrogens with one attached hydrogen (secondary N) is 2. The van der Waals surface area contributed by atoms with Crippen LogP contribution in [0.3, 0.4) is 0 Å². The lowest BCUT2D eigenvalue weighted by molar-refractivity contribution is 0.979.